The van der Waals surface area contributed by atoms with Crippen LogP contribution >= 0.6 is 0 Å². The summed E-state index contributed by atoms with van der Waals surface area (Å²) in [6, 6.07) is 8.98. The van der Waals surface area contributed by atoms with Crippen molar-refractivity contribution in [2.45, 2.75) is 24.8 Å². The summed E-state index contributed by atoms with van der Waals surface area (Å²) in [5, 5.41) is 2.46. The molecule has 0 aliphatic carbocycles. The molecule has 0 aliphatic heterocycles. The molecule has 6 nitrogen and oxygen atoms in total. The number of aryl methyl sites for hydroxylation is 1. The summed E-state index contributed by atoms with van der Waals surface area (Å²) in [5.74, 6) is -0.938. The van der Waals surface area contributed by atoms with Crippen LogP contribution in [0, 0.1) is 12.7 Å². The Morgan fingerprint density at radius 3 is 2.56 bits per heavy atom. The van der Waals surface area contributed by atoms with Gasteiger partial charge in [-0.15, -0.1) is 0 Å². The molecule has 0 aromatic heterocycles. The smallest absolute Gasteiger partial charge is 0.244 e. The molecule has 2 rings (SSSR count). The monoisotopic (exact) mass is 366 g/mol. The molecule has 2 N–H and O–H groups in total. The van der Waals surface area contributed by atoms with Crippen LogP contribution in [0.15, 0.2) is 47.4 Å². The van der Waals surface area contributed by atoms with Gasteiger partial charge in [0, 0.05) is 5.69 Å². The molecule has 1 atom stereocenters. The molecule has 0 fully saturated rings. The molecule has 134 valence electrons. The molecule has 0 aliphatic rings. The predicted molar refractivity (Wildman–Crippen MR) is 92.5 cm³/mol. The van der Waals surface area contributed by atoms with E-state index in [1.54, 1.807) is 19.1 Å². The average molecular weight is 366 g/mol. The number of methoxy groups -OCH3 is 1. The number of rotatable bonds is 6. The Kier molecular flexibility index (Phi) is 5.76. The normalized spacial score (nSPS) is 12.5. The van der Waals surface area contributed by atoms with Gasteiger partial charge in [0.15, 0.2) is 0 Å². The number of carbonyl (C=O) groups is 1. The number of hydrogen-bond acceptors (Lipinski definition) is 4. The van der Waals surface area contributed by atoms with Crippen molar-refractivity contribution < 1.29 is 22.3 Å². The number of halogens is 1. The molecule has 8 heteroatoms. The van der Waals surface area contributed by atoms with E-state index in [9.17, 15) is 17.6 Å². The molecule has 0 saturated carbocycles. The van der Waals surface area contributed by atoms with Gasteiger partial charge in [-0.05, 0) is 49.7 Å². The minimum atomic E-state index is -3.98. The molecule has 0 radical (unpaired) electrons. The number of benzene rings is 2. The van der Waals surface area contributed by atoms with Gasteiger partial charge in [-0.3, -0.25) is 4.79 Å². The summed E-state index contributed by atoms with van der Waals surface area (Å²) in [7, 11) is -2.62. The Balaban J connectivity index is 2.17. The minimum absolute atomic E-state index is 0.0552. The molecule has 0 bridgehead atoms. The van der Waals surface area contributed by atoms with E-state index in [0.717, 1.165) is 11.6 Å². The van der Waals surface area contributed by atoms with Gasteiger partial charge in [0.1, 0.15) is 16.5 Å². The first kappa shape index (κ1) is 18.9. The molecule has 25 heavy (non-hydrogen) atoms. The summed E-state index contributed by atoms with van der Waals surface area (Å²) in [4.78, 5) is 12.1. The maximum atomic E-state index is 13.2. The summed E-state index contributed by atoms with van der Waals surface area (Å²) >= 11 is 0. The zero-order valence-electron chi connectivity index (χ0n) is 14.0. The number of ether oxygens (including phenoxy) is 1. The highest BCUT2D eigenvalue weighted by molar-refractivity contribution is 7.89. The second kappa shape index (κ2) is 7.62. The van der Waals surface area contributed by atoms with Gasteiger partial charge in [0.25, 0.3) is 0 Å². The molecule has 0 spiro atoms. The van der Waals surface area contributed by atoms with Crippen LogP contribution < -0.4 is 14.8 Å². The molecule has 2 aromatic rings. The minimum Gasteiger partial charge on any atom is -0.495 e. The van der Waals surface area contributed by atoms with Crippen LogP contribution in [0.1, 0.15) is 12.5 Å². The van der Waals surface area contributed by atoms with Crippen molar-refractivity contribution in [3.8, 4) is 5.75 Å². The zero-order chi connectivity index (χ0) is 18.6. The Labute approximate surface area is 146 Å². The number of anilines is 1. The van der Waals surface area contributed by atoms with E-state index in [0.29, 0.717) is 0 Å². The topological polar surface area (TPSA) is 84.5 Å². The third-order valence-electron chi connectivity index (χ3n) is 3.43. The van der Waals surface area contributed by atoms with Crippen molar-refractivity contribution in [1.82, 2.24) is 4.72 Å². The average Bonchev–Trinajstić information content (AvgIpc) is 2.54. The maximum Gasteiger partial charge on any atom is 0.244 e. The van der Waals surface area contributed by atoms with Crippen molar-refractivity contribution in [2.75, 3.05) is 12.4 Å². The Bertz CT molecular complexity index is 884. The first-order valence-electron chi connectivity index (χ1n) is 7.46. The molecule has 0 heterocycles. The van der Waals surface area contributed by atoms with Crippen molar-refractivity contribution in [1.29, 1.82) is 0 Å². The van der Waals surface area contributed by atoms with Gasteiger partial charge in [-0.1, -0.05) is 12.1 Å². The van der Waals surface area contributed by atoms with Crippen molar-refractivity contribution >= 4 is 21.6 Å². The fraction of sp³-hybridized carbons (Fsp3) is 0.235. The fourth-order valence-electron chi connectivity index (χ4n) is 2.16. The Morgan fingerprint density at radius 1 is 1.20 bits per heavy atom. The Morgan fingerprint density at radius 2 is 1.92 bits per heavy atom. The third-order valence-corrected chi connectivity index (χ3v) is 4.99. The van der Waals surface area contributed by atoms with E-state index in [2.05, 4.69) is 10.0 Å². The van der Waals surface area contributed by atoms with Gasteiger partial charge in [0.2, 0.25) is 15.9 Å². The van der Waals surface area contributed by atoms with Crippen LogP contribution in [-0.4, -0.2) is 27.5 Å². The lowest BCUT2D eigenvalue weighted by atomic mass is 10.2. The van der Waals surface area contributed by atoms with Crippen LogP contribution in [0.25, 0.3) is 0 Å². The van der Waals surface area contributed by atoms with Crippen molar-refractivity contribution in [2.24, 2.45) is 0 Å². The zero-order valence-corrected chi connectivity index (χ0v) is 14.9. The standard InChI is InChI=1S/C17H19FN2O4S/c1-11-7-8-15(24-3)16(9-11)25(22,23)20-12(2)17(21)19-14-6-4-5-13(18)10-14/h4-10,12,20H,1-3H3,(H,19,21)/t12-/m0/s1. The maximum absolute atomic E-state index is 13.2. The second-order valence-electron chi connectivity index (χ2n) is 5.50. The van der Waals surface area contributed by atoms with Crippen LogP contribution in [0.4, 0.5) is 10.1 Å². The SMILES string of the molecule is COc1ccc(C)cc1S(=O)(=O)N[C@@H](C)C(=O)Nc1cccc(F)c1. The largest absolute Gasteiger partial charge is 0.495 e. The van der Waals surface area contributed by atoms with E-state index in [1.165, 1.54) is 38.3 Å². The third kappa shape index (κ3) is 4.77. The predicted octanol–water partition coefficient (Wildman–Crippen LogP) is 2.45. The van der Waals surface area contributed by atoms with Gasteiger partial charge in [-0.25, -0.2) is 12.8 Å². The molecule has 0 saturated heterocycles. The molecule has 1 amide bonds. The van der Waals surface area contributed by atoms with Crippen LogP contribution in [-0.2, 0) is 14.8 Å². The number of amides is 1. The van der Waals surface area contributed by atoms with Crippen LogP contribution in [0.5, 0.6) is 5.75 Å². The van der Waals surface area contributed by atoms with Crippen LogP contribution in [0.2, 0.25) is 0 Å². The first-order chi connectivity index (χ1) is 11.7. The Hall–Kier alpha value is -2.45. The lowest BCUT2D eigenvalue weighted by Gasteiger charge is -2.16. The van der Waals surface area contributed by atoms with E-state index in [-0.39, 0.29) is 16.3 Å². The van der Waals surface area contributed by atoms with Gasteiger partial charge in [0.05, 0.1) is 13.2 Å². The van der Waals surface area contributed by atoms with E-state index in [1.807, 2.05) is 0 Å². The molecular formula is C17H19FN2O4S. The summed E-state index contributed by atoms with van der Waals surface area (Å²) in [6.45, 7) is 3.15. The number of carbonyl (C=O) groups excluding carboxylic acids is 1. The van der Waals surface area contributed by atoms with Crippen molar-refractivity contribution in [3.05, 3.63) is 53.8 Å². The van der Waals surface area contributed by atoms with Gasteiger partial charge >= 0.3 is 0 Å². The number of nitrogens with one attached hydrogen (secondary N) is 2. The summed E-state index contributed by atoms with van der Waals surface area (Å²) in [6.07, 6.45) is 0. The molecule has 2 aromatic carbocycles. The highest BCUT2D eigenvalue weighted by atomic mass is 32.2. The second-order valence-corrected chi connectivity index (χ2v) is 7.18. The molecular weight excluding hydrogens is 347 g/mol. The van der Waals surface area contributed by atoms with E-state index >= 15 is 0 Å². The van der Waals surface area contributed by atoms with E-state index in [4.69, 9.17) is 4.74 Å². The van der Waals surface area contributed by atoms with Gasteiger partial charge in [-0.2, -0.15) is 4.72 Å². The fourth-order valence-corrected chi connectivity index (χ4v) is 3.62. The summed E-state index contributed by atoms with van der Waals surface area (Å²) < 4.78 is 45.6. The number of sulfonamides is 1. The lowest BCUT2D eigenvalue weighted by molar-refractivity contribution is -0.117. The van der Waals surface area contributed by atoms with Gasteiger partial charge < -0.3 is 10.1 Å². The highest BCUT2D eigenvalue weighted by Gasteiger charge is 2.25. The highest BCUT2D eigenvalue weighted by Crippen LogP contribution is 2.24. The van der Waals surface area contributed by atoms with Crippen molar-refractivity contribution in [3.63, 3.8) is 0 Å². The molecule has 0 unspecified atom stereocenters. The van der Waals surface area contributed by atoms with Crippen LogP contribution in [0.3, 0.4) is 0 Å². The first-order valence-corrected chi connectivity index (χ1v) is 8.94. The number of hydrogen-bond donors (Lipinski definition) is 2. The lowest BCUT2D eigenvalue weighted by Crippen LogP contribution is -2.41. The van der Waals surface area contributed by atoms with E-state index < -0.39 is 27.8 Å². The quantitative estimate of drug-likeness (QED) is 0.822. The summed E-state index contributed by atoms with van der Waals surface area (Å²) in [5.41, 5.74) is 0.974.